The standard InChI is InChI=1S/C38H42N2/c1-3-13-30(14-4-1)39-32-17-11-12-27(24-29(25-32)33-18-7-9-20-36(33)39)28-22-23-38-35(26-28)34-19-8-10-21-37(34)40(38)31-15-5-2-6-16-31/h1-5,8,11-15,19,22-26,32-38H,6-7,9-10,16-18,20-21H2. The molecule has 1 saturated heterocycles. The zero-order chi connectivity index (χ0) is 26.5. The molecule has 2 fully saturated rings. The van der Waals surface area contributed by atoms with Gasteiger partial charge < -0.3 is 9.80 Å². The number of fused-ring (bicyclic) bond motifs is 6. The van der Waals surface area contributed by atoms with Crippen molar-refractivity contribution in [3.05, 3.63) is 126 Å². The second-order valence-electron chi connectivity index (χ2n) is 12.9. The van der Waals surface area contributed by atoms with Gasteiger partial charge in [0, 0.05) is 41.2 Å². The SMILES string of the molecule is C1=CCCC(N2C3C=CC(C4=CC5=CC(CC=C4)N(c4ccccc4)C4CCCCC54)=CC3C3C=CCCC32)=C1. The summed E-state index contributed by atoms with van der Waals surface area (Å²) in [5.41, 5.74) is 7.40. The first-order valence-corrected chi connectivity index (χ1v) is 16.0. The minimum atomic E-state index is 0.445. The number of nitrogens with zero attached hydrogens (tertiary/aromatic N) is 2. The highest BCUT2D eigenvalue weighted by Gasteiger charge is 2.48. The Bertz CT molecular complexity index is 1380. The molecule has 2 nitrogen and oxygen atoms in total. The maximum Gasteiger partial charge on any atom is 0.0546 e. The summed E-state index contributed by atoms with van der Waals surface area (Å²) in [7, 11) is 0. The van der Waals surface area contributed by atoms with E-state index < -0.39 is 0 Å². The molecule has 7 atom stereocenters. The number of rotatable bonds is 3. The predicted molar refractivity (Wildman–Crippen MR) is 167 cm³/mol. The Labute approximate surface area is 240 Å². The van der Waals surface area contributed by atoms with Crippen molar-refractivity contribution in [2.24, 2.45) is 17.8 Å². The average molecular weight is 527 g/mol. The Morgan fingerprint density at radius 1 is 0.725 bits per heavy atom. The van der Waals surface area contributed by atoms with Crippen LogP contribution in [0.3, 0.4) is 0 Å². The van der Waals surface area contributed by atoms with Crippen LogP contribution in [-0.2, 0) is 0 Å². The lowest BCUT2D eigenvalue weighted by Gasteiger charge is -2.49. The van der Waals surface area contributed by atoms with Crippen LogP contribution in [-0.4, -0.2) is 29.1 Å². The van der Waals surface area contributed by atoms with E-state index in [9.17, 15) is 0 Å². The molecule has 2 heteroatoms. The molecule has 1 aromatic rings. The van der Waals surface area contributed by atoms with E-state index in [1.807, 2.05) is 0 Å². The second-order valence-corrected chi connectivity index (χ2v) is 12.9. The Kier molecular flexibility index (Phi) is 6.31. The van der Waals surface area contributed by atoms with Gasteiger partial charge in [0.15, 0.2) is 0 Å². The molecule has 0 amide bonds. The number of hydrogen-bond donors (Lipinski definition) is 0. The number of para-hydroxylation sites is 1. The maximum atomic E-state index is 2.81. The third-order valence-corrected chi connectivity index (χ3v) is 10.8. The van der Waals surface area contributed by atoms with E-state index in [0.29, 0.717) is 41.9 Å². The first-order valence-electron chi connectivity index (χ1n) is 16.0. The summed E-state index contributed by atoms with van der Waals surface area (Å²) in [6.07, 6.45) is 41.0. The van der Waals surface area contributed by atoms with Gasteiger partial charge in [0.1, 0.15) is 0 Å². The normalized spacial score (nSPS) is 36.0. The van der Waals surface area contributed by atoms with Crippen molar-refractivity contribution in [3.63, 3.8) is 0 Å². The molecule has 0 spiro atoms. The van der Waals surface area contributed by atoms with Crippen LogP contribution in [0, 0.1) is 17.8 Å². The van der Waals surface area contributed by atoms with Gasteiger partial charge in [-0.25, -0.2) is 0 Å². The molecule has 7 unspecified atom stereocenters. The van der Waals surface area contributed by atoms with Gasteiger partial charge in [0.25, 0.3) is 0 Å². The molecule has 40 heavy (non-hydrogen) atoms. The van der Waals surface area contributed by atoms with Gasteiger partial charge in [-0.3, -0.25) is 0 Å². The molecule has 1 saturated carbocycles. The third kappa shape index (κ3) is 4.14. The van der Waals surface area contributed by atoms with E-state index in [4.69, 9.17) is 0 Å². The van der Waals surface area contributed by atoms with E-state index in [1.165, 1.54) is 68.2 Å². The smallest absolute Gasteiger partial charge is 0.0546 e. The molecule has 1 aromatic carbocycles. The lowest BCUT2D eigenvalue weighted by molar-refractivity contribution is 0.242. The third-order valence-electron chi connectivity index (χ3n) is 10.8. The molecule has 2 bridgehead atoms. The van der Waals surface area contributed by atoms with Crippen LogP contribution < -0.4 is 4.90 Å². The number of anilines is 1. The highest BCUT2D eigenvalue weighted by Crippen LogP contribution is 2.48. The second kappa shape index (κ2) is 10.3. The largest absolute Gasteiger partial charge is 0.364 e. The summed E-state index contributed by atoms with van der Waals surface area (Å²) in [4.78, 5) is 5.58. The number of benzene rings is 1. The van der Waals surface area contributed by atoms with E-state index in [0.717, 1.165) is 6.42 Å². The van der Waals surface area contributed by atoms with Crippen molar-refractivity contribution in [1.29, 1.82) is 0 Å². The molecule has 0 aromatic heterocycles. The molecular formula is C38H42N2. The highest BCUT2D eigenvalue weighted by atomic mass is 15.2. The van der Waals surface area contributed by atoms with E-state index in [1.54, 1.807) is 11.3 Å². The molecule has 2 heterocycles. The van der Waals surface area contributed by atoms with Crippen molar-refractivity contribution in [3.8, 4) is 0 Å². The Hall–Kier alpha value is -3.26. The van der Waals surface area contributed by atoms with Crippen molar-refractivity contribution >= 4 is 5.69 Å². The monoisotopic (exact) mass is 526 g/mol. The minimum absolute atomic E-state index is 0.445. The average Bonchev–Trinajstić information content (AvgIpc) is 3.34. The van der Waals surface area contributed by atoms with Gasteiger partial charge in [-0.2, -0.15) is 0 Å². The fourth-order valence-electron chi connectivity index (χ4n) is 9.05. The Morgan fingerprint density at radius 2 is 1.65 bits per heavy atom. The van der Waals surface area contributed by atoms with Crippen LogP contribution in [0.5, 0.6) is 0 Å². The summed E-state index contributed by atoms with van der Waals surface area (Å²) in [6, 6.07) is 13.4. The van der Waals surface area contributed by atoms with Crippen LogP contribution in [0.25, 0.3) is 0 Å². The highest BCUT2D eigenvalue weighted by molar-refractivity contribution is 5.58. The van der Waals surface area contributed by atoms with Crippen molar-refractivity contribution in [2.75, 3.05) is 4.90 Å². The van der Waals surface area contributed by atoms with Crippen molar-refractivity contribution in [2.45, 2.75) is 82.0 Å². The molecule has 0 radical (unpaired) electrons. The quantitative estimate of drug-likeness (QED) is 0.364. The summed E-state index contributed by atoms with van der Waals surface area (Å²) >= 11 is 0. The van der Waals surface area contributed by atoms with Crippen LogP contribution in [0.1, 0.15) is 57.8 Å². The van der Waals surface area contributed by atoms with Crippen LogP contribution >= 0.6 is 0 Å². The Morgan fingerprint density at radius 3 is 2.55 bits per heavy atom. The first kappa shape index (κ1) is 24.5. The van der Waals surface area contributed by atoms with E-state index in [-0.39, 0.29) is 0 Å². The van der Waals surface area contributed by atoms with Crippen molar-refractivity contribution in [1.82, 2.24) is 4.90 Å². The predicted octanol–water partition coefficient (Wildman–Crippen LogP) is 8.61. The summed E-state index contributed by atoms with van der Waals surface area (Å²) in [5, 5.41) is 0. The lowest BCUT2D eigenvalue weighted by atomic mass is 9.73. The molecule has 204 valence electrons. The van der Waals surface area contributed by atoms with Crippen molar-refractivity contribution < 1.29 is 0 Å². The maximum absolute atomic E-state index is 2.81. The number of allylic oxidation sites excluding steroid dienone is 10. The molecule has 8 rings (SSSR count). The van der Waals surface area contributed by atoms with Gasteiger partial charge in [-0.05, 0) is 79.9 Å². The fraction of sp³-hybridized carbons (Fsp3) is 0.421. The van der Waals surface area contributed by atoms with Gasteiger partial charge in [-0.1, -0.05) is 97.9 Å². The van der Waals surface area contributed by atoms with Gasteiger partial charge >= 0.3 is 0 Å². The van der Waals surface area contributed by atoms with E-state index in [2.05, 4.69) is 113 Å². The van der Waals surface area contributed by atoms with Crippen LogP contribution in [0.15, 0.2) is 126 Å². The number of likely N-dealkylation sites (tertiary alicyclic amines) is 1. The van der Waals surface area contributed by atoms with Crippen LogP contribution in [0.4, 0.5) is 5.69 Å². The zero-order valence-electron chi connectivity index (χ0n) is 23.6. The molecule has 0 N–H and O–H groups in total. The molecular weight excluding hydrogens is 484 g/mol. The van der Waals surface area contributed by atoms with Gasteiger partial charge in [0.2, 0.25) is 0 Å². The van der Waals surface area contributed by atoms with Crippen LogP contribution in [0.2, 0.25) is 0 Å². The summed E-state index contributed by atoms with van der Waals surface area (Å²) in [5.74, 6) is 1.80. The summed E-state index contributed by atoms with van der Waals surface area (Å²) in [6.45, 7) is 0. The topological polar surface area (TPSA) is 6.48 Å². The minimum Gasteiger partial charge on any atom is -0.364 e. The zero-order valence-corrected chi connectivity index (χ0v) is 23.6. The first-order chi connectivity index (χ1) is 19.8. The molecule has 5 aliphatic carbocycles. The summed E-state index contributed by atoms with van der Waals surface area (Å²) < 4.78 is 0. The van der Waals surface area contributed by atoms with Gasteiger partial charge in [-0.15, -0.1) is 0 Å². The molecule has 7 aliphatic rings. The lowest BCUT2D eigenvalue weighted by Crippen LogP contribution is -2.51. The molecule has 2 aliphatic heterocycles. The van der Waals surface area contributed by atoms with Gasteiger partial charge in [0.05, 0.1) is 12.1 Å². The fourth-order valence-corrected chi connectivity index (χ4v) is 9.05. The number of hydrogen-bond acceptors (Lipinski definition) is 2. The Balaban J connectivity index is 1.14. The van der Waals surface area contributed by atoms with E-state index >= 15 is 0 Å².